The molecule has 0 fully saturated rings. The average Bonchev–Trinajstić information content (AvgIpc) is 3.15. The van der Waals surface area contributed by atoms with E-state index in [1.54, 1.807) is 18.2 Å². The van der Waals surface area contributed by atoms with Crippen LogP contribution >= 0.6 is 0 Å². The number of carbonyl (C=O) groups excluding carboxylic acids is 1. The van der Waals surface area contributed by atoms with Gasteiger partial charge < -0.3 is 26.2 Å². The van der Waals surface area contributed by atoms with E-state index >= 15 is 0 Å². The van der Waals surface area contributed by atoms with Gasteiger partial charge in [-0.15, -0.1) is 0 Å². The number of allylic oxidation sites excluding steroid dienone is 4. The van der Waals surface area contributed by atoms with Crippen LogP contribution in [-0.2, 0) is 0 Å². The Balaban J connectivity index is 1.32. The summed E-state index contributed by atoms with van der Waals surface area (Å²) in [6, 6.07) is 13.4. The predicted octanol–water partition coefficient (Wildman–Crippen LogP) is 4.73. The molecular formula is C28H33N5O3. The van der Waals surface area contributed by atoms with Gasteiger partial charge in [-0.05, 0) is 80.7 Å². The maximum atomic E-state index is 12.0. The number of nitrogens with zero attached hydrogens (tertiary/aromatic N) is 2. The topological polar surface area (TPSA) is 118 Å². The average molecular weight is 488 g/mol. The smallest absolute Gasteiger partial charge is 0.319 e. The zero-order valence-electron chi connectivity index (χ0n) is 20.5. The third-order valence-corrected chi connectivity index (χ3v) is 6.25. The summed E-state index contributed by atoms with van der Waals surface area (Å²) in [6.45, 7) is 4.15. The van der Waals surface area contributed by atoms with Crippen LogP contribution in [0.2, 0.25) is 0 Å². The number of phenols is 2. The predicted molar refractivity (Wildman–Crippen MR) is 144 cm³/mol. The Morgan fingerprint density at radius 2 is 1.83 bits per heavy atom. The molecule has 0 aliphatic carbocycles. The minimum Gasteiger partial charge on any atom is -0.508 e. The number of para-hydroxylation sites is 1. The summed E-state index contributed by atoms with van der Waals surface area (Å²) in [5.41, 5.74) is 5.27. The van der Waals surface area contributed by atoms with Crippen molar-refractivity contribution in [3.63, 3.8) is 0 Å². The monoisotopic (exact) mass is 487 g/mol. The Labute approximate surface area is 211 Å². The lowest BCUT2D eigenvalue weighted by molar-refractivity contribution is 0.252. The molecule has 2 aromatic carbocycles. The van der Waals surface area contributed by atoms with Crippen molar-refractivity contribution in [1.82, 2.24) is 10.6 Å². The summed E-state index contributed by atoms with van der Waals surface area (Å²) in [6.07, 6.45) is 7.43. The van der Waals surface area contributed by atoms with Gasteiger partial charge in [0.25, 0.3) is 0 Å². The number of nitrogens with one attached hydrogen (secondary N) is 3. The van der Waals surface area contributed by atoms with Gasteiger partial charge in [0.15, 0.2) is 0 Å². The molecule has 1 unspecified atom stereocenters. The van der Waals surface area contributed by atoms with Crippen molar-refractivity contribution in [2.75, 3.05) is 25.0 Å². The van der Waals surface area contributed by atoms with Crippen LogP contribution < -0.4 is 16.0 Å². The number of fused-ring (bicyclic) bond motifs is 1. The molecule has 0 saturated carbocycles. The van der Waals surface area contributed by atoms with E-state index in [1.807, 2.05) is 37.4 Å². The molecule has 1 atom stereocenters. The fourth-order valence-corrected chi connectivity index (χ4v) is 4.36. The van der Waals surface area contributed by atoms with E-state index in [-0.39, 0.29) is 23.4 Å². The van der Waals surface area contributed by atoms with E-state index in [4.69, 9.17) is 4.99 Å². The Bertz CT molecular complexity index is 1200. The van der Waals surface area contributed by atoms with Gasteiger partial charge in [-0.1, -0.05) is 12.1 Å². The molecule has 0 saturated heterocycles. The molecule has 2 heterocycles. The third kappa shape index (κ3) is 6.75. The molecule has 2 aromatic rings. The zero-order chi connectivity index (χ0) is 25.3. The van der Waals surface area contributed by atoms with Gasteiger partial charge in [0.1, 0.15) is 11.5 Å². The summed E-state index contributed by atoms with van der Waals surface area (Å²) in [4.78, 5) is 21.5. The van der Waals surface area contributed by atoms with Crippen molar-refractivity contribution in [2.24, 2.45) is 15.9 Å². The van der Waals surface area contributed by atoms with Crippen LogP contribution in [0.1, 0.15) is 38.2 Å². The lowest BCUT2D eigenvalue weighted by Gasteiger charge is -2.18. The summed E-state index contributed by atoms with van der Waals surface area (Å²) in [5, 5.41) is 29.0. The van der Waals surface area contributed by atoms with Crippen LogP contribution in [0.5, 0.6) is 11.5 Å². The molecular weight excluding hydrogens is 454 g/mol. The van der Waals surface area contributed by atoms with E-state index in [0.29, 0.717) is 17.8 Å². The number of phenolic OH excluding ortho intramolecular Hbond substituents is 2. The maximum Gasteiger partial charge on any atom is 0.319 e. The number of amides is 2. The van der Waals surface area contributed by atoms with E-state index in [1.165, 1.54) is 12.1 Å². The molecule has 0 spiro atoms. The summed E-state index contributed by atoms with van der Waals surface area (Å²) >= 11 is 0. The molecule has 0 aromatic heterocycles. The summed E-state index contributed by atoms with van der Waals surface area (Å²) in [7, 11) is 0. The van der Waals surface area contributed by atoms with Crippen molar-refractivity contribution < 1.29 is 15.0 Å². The van der Waals surface area contributed by atoms with Crippen LogP contribution in [0.15, 0.2) is 81.6 Å². The van der Waals surface area contributed by atoms with Gasteiger partial charge in [0, 0.05) is 54.4 Å². The quantitative estimate of drug-likeness (QED) is 0.273. The zero-order valence-corrected chi connectivity index (χ0v) is 20.5. The number of aromatic hydroxyl groups is 2. The molecule has 2 aliphatic heterocycles. The molecule has 36 heavy (non-hydrogen) atoms. The highest BCUT2D eigenvalue weighted by Crippen LogP contribution is 2.32. The van der Waals surface area contributed by atoms with Gasteiger partial charge in [-0.3, -0.25) is 9.98 Å². The van der Waals surface area contributed by atoms with Crippen LogP contribution in [0.3, 0.4) is 0 Å². The van der Waals surface area contributed by atoms with E-state index in [9.17, 15) is 15.0 Å². The molecule has 0 radical (unpaired) electrons. The highest BCUT2D eigenvalue weighted by molar-refractivity contribution is 6.11. The second-order valence-electron chi connectivity index (χ2n) is 9.04. The second-order valence-corrected chi connectivity index (χ2v) is 9.04. The van der Waals surface area contributed by atoms with Crippen molar-refractivity contribution >= 4 is 23.6 Å². The molecule has 8 nitrogen and oxygen atoms in total. The van der Waals surface area contributed by atoms with Gasteiger partial charge in [-0.25, -0.2) is 4.79 Å². The first kappa shape index (κ1) is 25.0. The van der Waals surface area contributed by atoms with Gasteiger partial charge >= 0.3 is 6.03 Å². The molecule has 5 N–H and O–H groups in total. The summed E-state index contributed by atoms with van der Waals surface area (Å²) < 4.78 is 0. The Morgan fingerprint density at radius 3 is 2.64 bits per heavy atom. The molecule has 188 valence electrons. The number of urea groups is 1. The number of aliphatic imine (C=N–C) groups is 2. The first-order valence-electron chi connectivity index (χ1n) is 12.4. The largest absolute Gasteiger partial charge is 0.508 e. The first-order valence-corrected chi connectivity index (χ1v) is 12.4. The fraction of sp³-hybridized carbons (Fsp3) is 0.321. The van der Waals surface area contributed by atoms with Crippen LogP contribution in [0.4, 0.5) is 10.5 Å². The number of rotatable bonds is 8. The van der Waals surface area contributed by atoms with Crippen molar-refractivity contribution in [3.8, 4) is 11.5 Å². The SMILES string of the molecule is CC1=C2N=C(c3ccccc3O)C=C(NCCCCNC(=O)Nc3ccc(O)cc3)CC2CCN=C1. The van der Waals surface area contributed by atoms with Crippen LogP contribution in [-0.4, -0.2) is 47.8 Å². The summed E-state index contributed by atoms with van der Waals surface area (Å²) in [5.74, 6) is 0.633. The highest BCUT2D eigenvalue weighted by Gasteiger charge is 2.24. The number of unbranched alkanes of at least 4 members (excludes halogenated alkanes) is 1. The number of benzene rings is 2. The van der Waals surface area contributed by atoms with E-state index in [2.05, 4.69) is 20.9 Å². The molecule has 8 heteroatoms. The standard InChI is InChI=1S/C28H33N5O3/c1-19-18-29-15-12-20-16-22(17-25(33-27(19)20)24-6-2-3-7-26(24)35)30-13-4-5-14-31-28(36)32-21-8-10-23(34)11-9-21/h2-3,6-11,17-18,20,30,34-35H,4-5,12-16H2,1H3,(H2,31,32,36). The molecule has 4 rings (SSSR count). The van der Waals surface area contributed by atoms with E-state index < -0.39 is 0 Å². The second kappa shape index (κ2) is 12.1. The minimum atomic E-state index is -0.270. The third-order valence-electron chi connectivity index (χ3n) is 6.25. The lowest BCUT2D eigenvalue weighted by Crippen LogP contribution is -2.30. The van der Waals surface area contributed by atoms with Gasteiger partial charge in [-0.2, -0.15) is 0 Å². The van der Waals surface area contributed by atoms with Crippen molar-refractivity contribution in [3.05, 3.63) is 77.1 Å². The number of hydrogen-bond donors (Lipinski definition) is 5. The van der Waals surface area contributed by atoms with Crippen molar-refractivity contribution in [1.29, 1.82) is 0 Å². The maximum absolute atomic E-state index is 12.0. The molecule has 2 aliphatic rings. The number of carbonyl (C=O) groups is 1. The highest BCUT2D eigenvalue weighted by atomic mass is 16.3. The Morgan fingerprint density at radius 1 is 1.06 bits per heavy atom. The van der Waals surface area contributed by atoms with Gasteiger partial charge in [0.2, 0.25) is 0 Å². The molecule has 2 amide bonds. The normalized spacial score (nSPS) is 17.3. The Hall–Kier alpha value is -4.07. The fourth-order valence-electron chi connectivity index (χ4n) is 4.36. The number of hydrogen-bond acceptors (Lipinski definition) is 6. The van der Waals surface area contributed by atoms with Crippen molar-refractivity contribution in [2.45, 2.75) is 32.6 Å². The lowest BCUT2D eigenvalue weighted by atomic mass is 9.94. The van der Waals surface area contributed by atoms with Crippen LogP contribution in [0.25, 0.3) is 0 Å². The number of anilines is 1. The van der Waals surface area contributed by atoms with Crippen LogP contribution in [0, 0.1) is 5.92 Å². The Kier molecular flexibility index (Phi) is 8.39. The van der Waals surface area contributed by atoms with E-state index in [0.717, 1.165) is 61.5 Å². The first-order chi connectivity index (χ1) is 17.5. The van der Waals surface area contributed by atoms with Gasteiger partial charge in [0.05, 0.1) is 5.71 Å². The molecule has 0 bridgehead atoms. The minimum absolute atomic E-state index is 0.158.